The molecule has 0 spiro atoms. The van der Waals surface area contributed by atoms with E-state index in [-0.39, 0.29) is 5.91 Å². The maximum Gasteiger partial charge on any atom is 0.231 e. The van der Waals surface area contributed by atoms with Crippen LogP contribution in [0, 0.1) is 11.8 Å². The highest BCUT2D eigenvalue weighted by Gasteiger charge is 2.43. The number of nitrogens with one attached hydrogen (secondary N) is 2. The summed E-state index contributed by atoms with van der Waals surface area (Å²) in [6, 6.07) is 7.47. The maximum absolute atomic E-state index is 13.0. The molecule has 7 heteroatoms. The Labute approximate surface area is 155 Å². The Morgan fingerprint density at radius 2 is 2.15 bits per heavy atom. The predicted octanol–water partition coefficient (Wildman–Crippen LogP) is 3.71. The summed E-state index contributed by atoms with van der Waals surface area (Å²) in [6.07, 6.45) is 5.30. The topological polar surface area (TPSA) is 79.9 Å². The largest absolute Gasteiger partial charge is 0.477 e. The van der Waals surface area contributed by atoms with Crippen molar-refractivity contribution >= 4 is 22.8 Å². The zero-order valence-electron chi connectivity index (χ0n) is 14.6. The minimum atomic E-state index is -1.02. The number of anilines is 1. The van der Waals surface area contributed by atoms with E-state index in [1.54, 1.807) is 12.3 Å². The fraction of sp³-hybridized carbons (Fsp3) is 0.350. The molecule has 2 atom stereocenters. The molecule has 0 unspecified atom stereocenters. The molecular formula is C20H19FN4O2. The van der Waals surface area contributed by atoms with Crippen LogP contribution in [-0.4, -0.2) is 33.6 Å². The highest BCUT2D eigenvalue weighted by molar-refractivity contribution is 5.98. The Kier molecular flexibility index (Phi) is 3.81. The average molecular weight is 366 g/mol. The lowest BCUT2D eigenvalue weighted by molar-refractivity contribution is -0.117. The number of amides is 1. The van der Waals surface area contributed by atoms with Gasteiger partial charge in [0.15, 0.2) is 0 Å². The van der Waals surface area contributed by atoms with Crippen LogP contribution in [0.2, 0.25) is 0 Å². The van der Waals surface area contributed by atoms with Gasteiger partial charge in [-0.15, -0.1) is 0 Å². The second-order valence-electron chi connectivity index (χ2n) is 7.25. The van der Waals surface area contributed by atoms with Crippen molar-refractivity contribution in [3.05, 3.63) is 36.7 Å². The Morgan fingerprint density at radius 1 is 1.30 bits per heavy atom. The summed E-state index contributed by atoms with van der Waals surface area (Å²) in [6.45, 7) is 0.692. The maximum atomic E-state index is 13.0. The molecule has 2 aliphatic rings. The Bertz CT molecular complexity index is 1010. The zero-order chi connectivity index (χ0) is 18.4. The van der Waals surface area contributed by atoms with Crippen LogP contribution < -0.4 is 10.1 Å². The molecule has 2 saturated carbocycles. The highest BCUT2D eigenvalue weighted by atomic mass is 19.1. The third-order valence-corrected chi connectivity index (χ3v) is 5.05. The number of carbonyl (C=O) groups excluding carboxylic acids is 1. The van der Waals surface area contributed by atoms with Crippen molar-refractivity contribution in [3.63, 3.8) is 0 Å². The number of aromatic nitrogens is 3. The van der Waals surface area contributed by atoms with E-state index in [1.807, 2.05) is 24.4 Å². The predicted molar refractivity (Wildman–Crippen MR) is 99.2 cm³/mol. The van der Waals surface area contributed by atoms with E-state index in [9.17, 15) is 9.18 Å². The Hall–Kier alpha value is -2.96. The van der Waals surface area contributed by atoms with Crippen molar-refractivity contribution in [2.45, 2.75) is 25.4 Å². The van der Waals surface area contributed by atoms with Gasteiger partial charge in [-0.3, -0.25) is 4.79 Å². The third-order valence-electron chi connectivity index (χ3n) is 5.05. The Balaban J connectivity index is 1.42. The summed E-state index contributed by atoms with van der Waals surface area (Å²) in [5.74, 6) is 0.820. The van der Waals surface area contributed by atoms with Gasteiger partial charge in [-0.05, 0) is 49.4 Å². The molecule has 0 aliphatic heterocycles. The lowest BCUT2D eigenvalue weighted by atomic mass is 10.1. The summed E-state index contributed by atoms with van der Waals surface area (Å²) in [7, 11) is 0. The molecule has 2 fully saturated rings. The number of aromatic amines is 1. The number of ether oxygens (including phenoxy) is 1. The molecule has 0 bridgehead atoms. The molecule has 3 heterocycles. The minimum absolute atomic E-state index is 0.297. The fourth-order valence-electron chi connectivity index (χ4n) is 3.14. The third kappa shape index (κ3) is 3.25. The van der Waals surface area contributed by atoms with Crippen LogP contribution in [-0.2, 0) is 4.79 Å². The van der Waals surface area contributed by atoms with Crippen molar-refractivity contribution in [2.24, 2.45) is 11.8 Å². The van der Waals surface area contributed by atoms with Crippen LogP contribution in [0.1, 0.15) is 19.3 Å². The number of carbonyl (C=O) groups is 1. The first kappa shape index (κ1) is 16.2. The standard InChI is InChI=1S/C20H19FN4O2/c21-16-8-14(16)19(26)25-17-6-5-12-15(9-23-18(12)24-17)13-2-1-7-22-20(13)27-10-11-3-4-11/h1-2,5-7,9,11,14,16H,3-4,8,10H2,(H2,23,24,25,26)/t14-,16+/m1/s1. The summed E-state index contributed by atoms with van der Waals surface area (Å²) >= 11 is 0. The number of rotatable bonds is 6. The van der Waals surface area contributed by atoms with Gasteiger partial charge in [0.1, 0.15) is 17.6 Å². The summed E-state index contributed by atoms with van der Waals surface area (Å²) in [5.41, 5.74) is 2.49. The number of nitrogens with zero attached hydrogens (tertiary/aromatic N) is 2. The molecule has 27 heavy (non-hydrogen) atoms. The number of H-pyrrole nitrogens is 1. The van der Waals surface area contributed by atoms with Gasteiger partial charge in [-0.1, -0.05) is 0 Å². The molecule has 0 radical (unpaired) electrons. The molecule has 138 valence electrons. The van der Waals surface area contributed by atoms with E-state index >= 15 is 0 Å². The highest BCUT2D eigenvalue weighted by Crippen LogP contribution is 2.37. The van der Waals surface area contributed by atoms with Gasteiger partial charge < -0.3 is 15.0 Å². The molecule has 5 rings (SSSR count). The minimum Gasteiger partial charge on any atom is -0.477 e. The Morgan fingerprint density at radius 3 is 2.93 bits per heavy atom. The number of hydrogen-bond acceptors (Lipinski definition) is 4. The molecule has 1 amide bonds. The van der Waals surface area contributed by atoms with Gasteiger partial charge in [0.2, 0.25) is 11.8 Å². The van der Waals surface area contributed by atoms with Crippen LogP contribution >= 0.6 is 0 Å². The van der Waals surface area contributed by atoms with Crippen LogP contribution in [0.25, 0.3) is 22.2 Å². The number of fused-ring (bicyclic) bond motifs is 1. The van der Waals surface area contributed by atoms with Crippen LogP contribution in [0.5, 0.6) is 5.88 Å². The monoisotopic (exact) mass is 366 g/mol. The first-order chi connectivity index (χ1) is 13.2. The molecule has 2 N–H and O–H groups in total. The molecule has 3 aromatic rings. The molecule has 2 aliphatic carbocycles. The first-order valence-corrected chi connectivity index (χ1v) is 9.20. The van der Waals surface area contributed by atoms with E-state index < -0.39 is 12.1 Å². The van der Waals surface area contributed by atoms with Gasteiger partial charge in [0.25, 0.3) is 0 Å². The van der Waals surface area contributed by atoms with E-state index in [4.69, 9.17) is 4.74 Å². The smallest absolute Gasteiger partial charge is 0.231 e. The SMILES string of the molecule is O=C(Nc1ccc2c(-c3cccnc3OCC3CC3)c[nH]c2n1)[C@@H]1C[C@@H]1F. The second-order valence-corrected chi connectivity index (χ2v) is 7.25. The number of alkyl halides is 1. The quantitative estimate of drug-likeness (QED) is 0.697. The molecule has 0 saturated heterocycles. The van der Waals surface area contributed by atoms with Crippen molar-refractivity contribution in [2.75, 3.05) is 11.9 Å². The second kappa shape index (κ2) is 6.33. The number of halogens is 1. The van der Waals surface area contributed by atoms with E-state index in [0.29, 0.717) is 36.3 Å². The normalized spacial score (nSPS) is 21.2. The summed E-state index contributed by atoms with van der Waals surface area (Å²) < 4.78 is 18.9. The summed E-state index contributed by atoms with van der Waals surface area (Å²) in [4.78, 5) is 23.9. The first-order valence-electron chi connectivity index (χ1n) is 9.20. The fourth-order valence-corrected chi connectivity index (χ4v) is 3.14. The average Bonchev–Trinajstić information content (AvgIpc) is 3.59. The molecular weight excluding hydrogens is 347 g/mol. The molecule has 6 nitrogen and oxygen atoms in total. The van der Waals surface area contributed by atoms with E-state index in [0.717, 1.165) is 16.5 Å². The number of hydrogen-bond donors (Lipinski definition) is 2. The van der Waals surface area contributed by atoms with Gasteiger partial charge in [0.05, 0.1) is 12.5 Å². The number of pyridine rings is 2. The van der Waals surface area contributed by atoms with Gasteiger partial charge >= 0.3 is 0 Å². The zero-order valence-corrected chi connectivity index (χ0v) is 14.6. The summed E-state index contributed by atoms with van der Waals surface area (Å²) in [5, 5.41) is 3.59. The van der Waals surface area contributed by atoms with Crippen LogP contribution in [0.4, 0.5) is 10.2 Å². The molecule has 0 aromatic carbocycles. The van der Waals surface area contributed by atoms with Crippen molar-refractivity contribution < 1.29 is 13.9 Å². The van der Waals surface area contributed by atoms with E-state index in [2.05, 4.69) is 20.3 Å². The lowest BCUT2D eigenvalue weighted by Crippen LogP contribution is -2.15. The van der Waals surface area contributed by atoms with Gasteiger partial charge in [-0.25, -0.2) is 14.4 Å². The van der Waals surface area contributed by atoms with Crippen molar-refractivity contribution in [3.8, 4) is 17.0 Å². The van der Waals surface area contributed by atoms with Crippen molar-refractivity contribution in [1.82, 2.24) is 15.0 Å². The lowest BCUT2D eigenvalue weighted by Gasteiger charge is -2.09. The van der Waals surface area contributed by atoms with E-state index in [1.165, 1.54) is 12.8 Å². The molecule has 3 aromatic heterocycles. The van der Waals surface area contributed by atoms with Gasteiger partial charge in [-0.2, -0.15) is 0 Å². The van der Waals surface area contributed by atoms with Crippen molar-refractivity contribution in [1.29, 1.82) is 0 Å². The van der Waals surface area contributed by atoms with Crippen LogP contribution in [0.3, 0.4) is 0 Å². The van der Waals surface area contributed by atoms with Gasteiger partial charge in [0, 0.05) is 28.9 Å². The van der Waals surface area contributed by atoms with Crippen LogP contribution in [0.15, 0.2) is 36.7 Å².